The zero-order valence-electron chi connectivity index (χ0n) is 25.5. The van der Waals surface area contributed by atoms with Crippen LogP contribution < -0.4 is 9.62 Å². The lowest BCUT2D eigenvalue weighted by molar-refractivity contribution is -0.140. The highest BCUT2D eigenvalue weighted by atomic mass is 35.5. The van der Waals surface area contributed by atoms with E-state index in [2.05, 4.69) is 5.32 Å². The SMILES string of the molecule is CCC(C)NC(=O)C(Cc1ccccc1)N(Cc1ccc(F)cc1)C(=O)CN(c1cc(Cl)ccc1C)S(=O)(=O)c1ccccc1. The lowest BCUT2D eigenvalue weighted by atomic mass is 10.0. The van der Waals surface area contributed by atoms with Gasteiger partial charge in [-0.05, 0) is 73.4 Å². The van der Waals surface area contributed by atoms with E-state index in [4.69, 9.17) is 11.6 Å². The summed E-state index contributed by atoms with van der Waals surface area (Å²) in [6.45, 7) is 4.88. The third kappa shape index (κ3) is 8.71. The van der Waals surface area contributed by atoms with Crippen LogP contribution in [0.1, 0.15) is 37.0 Å². The first-order valence-corrected chi connectivity index (χ1v) is 16.5. The number of hydrogen-bond acceptors (Lipinski definition) is 4. The Morgan fingerprint density at radius 2 is 1.51 bits per heavy atom. The van der Waals surface area contributed by atoms with E-state index in [9.17, 15) is 22.4 Å². The smallest absolute Gasteiger partial charge is 0.264 e. The summed E-state index contributed by atoms with van der Waals surface area (Å²) in [5.74, 6) is -1.43. The van der Waals surface area contributed by atoms with E-state index < -0.39 is 34.3 Å². The molecule has 7 nitrogen and oxygen atoms in total. The molecular formula is C35H37ClFN3O4S. The molecule has 0 saturated heterocycles. The summed E-state index contributed by atoms with van der Waals surface area (Å²) in [4.78, 5) is 29.7. The number of halogens is 2. The van der Waals surface area contributed by atoms with Crippen LogP contribution in [0.25, 0.3) is 0 Å². The Morgan fingerprint density at radius 3 is 2.13 bits per heavy atom. The Bertz CT molecular complexity index is 1700. The minimum atomic E-state index is -4.25. The van der Waals surface area contributed by atoms with E-state index in [0.29, 0.717) is 22.6 Å². The summed E-state index contributed by atoms with van der Waals surface area (Å²) in [6.07, 6.45) is 0.852. The van der Waals surface area contributed by atoms with Gasteiger partial charge in [-0.1, -0.05) is 85.3 Å². The maximum Gasteiger partial charge on any atom is 0.264 e. The molecule has 0 aliphatic carbocycles. The fourth-order valence-corrected chi connectivity index (χ4v) is 6.52. The first-order valence-electron chi connectivity index (χ1n) is 14.7. The van der Waals surface area contributed by atoms with Crippen LogP contribution in [-0.2, 0) is 32.6 Å². The third-order valence-corrected chi connectivity index (χ3v) is 9.60. The maximum atomic E-state index is 14.5. The number of sulfonamides is 1. The van der Waals surface area contributed by atoms with Gasteiger partial charge in [0.2, 0.25) is 11.8 Å². The topological polar surface area (TPSA) is 86.8 Å². The Hall–Kier alpha value is -4.21. The van der Waals surface area contributed by atoms with Crippen molar-refractivity contribution in [1.29, 1.82) is 0 Å². The van der Waals surface area contributed by atoms with Gasteiger partial charge in [-0.2, -0.15) is 0 Å². The Morgan fingerprint density at radius 1 is 0.889 bits per heavy atom. The van der Waals surface area contributed by atoms with Gasteiger partial charge in [0.15, 0.2) is 0 Å². The number of anilines is 1. The highest BCUT2D eigenvalue weighted by Crippen LogP contribution is 2.30. The largest absolute Gasteiger partial charge is 0.352 e. The van der Waals surface area contributed by atoms with Crippen molar-refractivity contribution < 1.29 is 22.4 Å². The summed E-state index contributed by atoms with van der Waals surface area (Å²) < 4.78 is 43.1. The van der Waals surface area contributed by atoms with Gasteiger partial charge in [0.25, 0.3) is 10.0 Å². The second kappa shape index (κ2) is 15.2. The molecule has 0 aliphatic heterocycles. The number of rotatable bonds is 13. The molecule has 0 spiro atoms. The van der Waals surface area contributed by atoms with Gasteiger partial charge in [0.1, 0.15) is 18.4 Å². The highest BCUT2D eigenvalue weighted by molar-refractivity contribution is 7.92. The van der Waals surface area contributed by atoms with Gasteiger partial charge < -0.3 is 10.2 Å². The number of nitrogens with one attached hydrogen (secondary N) is 1. The molecule has 0 radical (unpaired) electrons. The van der Waals surface area contributed by atoms with Gasteiger partial charge in [-0.3, -0.25) is 13.9 Å². The molecule has 0 saturated carbocycles. The fourth-order valence-electron chi connectivity index (χ4n) is 4.87. The van der Waals surface area contributed by atoms with Crippen LogP contribution in [0.3, 0.4) is 0 Å². The van der Waals surface area contributed by atoms with E-state index in [1.54, 1.807) is 49.4 Å². The quantitative estimate of drug-likeness (QED) is 0.178. The molecule has 2 amide bonds. The van der Waals surface area contributed by atoms with Crippen molar-refractivity contribution in [2.45, 2.75) is 57.1 Å². The van der Waals surface area contributed by atoms with E-state index in [1.807, 2.05) is 44.2 Å². The predicted octanol–water partition coefficient (Wildman–Crippen LogP) is 6.54. The second-order valence-corrected chi connectivity index (χ2v) is 13.2. The van der Waals surface area contributed by atoms with E-state index in [-0.39, 0.29) is 35.5 Å². The number of hydrogen-bond donors (Lipinski definition) is 1. The van der Waals surface area contributed by atoms with E-state index >= 15 is 0 Å². The average molecular weight is 650 g/mol. The van der Waals surface area contributed by atoms with Crippen molar-refractivity contribution in [3.8, 4) is 0 Å². The molecule has 4 aromatic carbocycles. The molecule has 2 atom stereocenters. The lowest BCUT2D eigenvalue weighted by Gasteiger charge is -2.34. The number of carbonyl (C=O) groups is 2. The molecule has 10 heteroatoms. The number of carbonyl (C=O) groups excluding carboxylic acids is 2. The zero-order valence-corrected chi connectivity index (χ0v) is 27.1. The average Bonchev–Trinajstić information content (AvgIpc) is 3.04. The van der Waals surface area contributed by atoms with Crippen LogP contribution in [0, 0.1) is 12.7 Å². The zero-order chi connectivity index (χ0) is 32.6. The van der Waals surface area contributed by atoms with Crippen LogP contribution in [0.5, 0.6) is 0 Å². The van der Waals surface area contributed by atoms with Crippen molar-refractivity contribution in [2.24, 2.45) is 0 Å². The number of benzene rings is 4. The Labute approximate surface area is 269 Å². The first kappa shape index (κ1) is 33.7. The Kier molecular flexibility index (Phi) is 11.4. The van der Waals surface area contributed by atoms with Crippen LogP contribution >= 0.6 is 11.6 Å². The summed E-state index contributed by atoms with van der Waals surface area (Å²) in [6, 6.07) is 26.4. The number of nitrogens with zero attached hydrogens (tertiary/aromatic N) is 2. The monoisotopic (exact) mass is 649 g/mol. The Balaban J connectivity index is 1.83. The summed E-state index contributed by atoms with van der Waals surface area (Å²) in [7, 11) is -4.25. The van der Waals surface area contributed by atoms with Crippen LogP contribution in [0.15, 0.2) is 108 Å². The number of amides is 2. The first-order chi connectivity index (χ1) is 21.5. The fraction of sp³-hybridized carbons (Fsp3) is 0.257. The molecule has 2 unspecified atom stereocenters. The third-order valence-electron chi connectivity index (χ3n) is 7.59. The molecule has 0 bridgehead atoms. The normalized spacial score (nSPS) is 12.6. The molecule has 0 aliphatic rings. The molecule has 0 fully saturated rings. The lowest BCUT2D eigenvalue weighted by Crippen LogP contribution is -2.54. The minimum absolute atomic E-state index is 0.00221. The maximum absolute atomic E-state index is 14.5. The highest BCUT2D eigenvalue weighted by Gasteiger charge is 2.35. The predicted molar refractivity (Wildman–Crippen MR) is 176 cm³/mol. The molecule has 236 valence electrons. The molecule has 0 aromatic heterocycles. The molecule has 4 aromatic rings. The minimum Gasteiger partial charge on any atom is -0.352 e. The van der Waals surface area contributed by atoms with E-state index in [1.165, 1.54) is 35.2 Å². The molecule has 1 N–H and O–H groups in total. The van der Waals surface area contributed by atoms with Crippen molar-refractivity contribution >= 4 is 39.1 Å². The van der Waals surface area contributed by atoms with Gasteiger partial charge in [-0.15, -0.1) is 0 Å². The molecule has 4 rings (SSSR count). The van der Waals surface area contributed by atoms with E-state index in [0.717, 1.165) is 9.87 Å². The molecule has 45 heavy (non-hydrogen) atoms. The molecule has 0 heterocycles. The molecular weight excluding hydrogens is 613 g/mol. The van der Waals surface area contributed by atoms with Crippen LogP contribution in [-0.4, -0.2) is 43.8 Å². The van der Waals surface area contributed by atoms with Crippen LogP contribution in [0.4, 0.5) is 10.1 Å². The van der Waals surface area contributed by atoms with Gasteiger partial charge in [0, 0.05) is 24.0 Å². The van der Waals surface area contributed by atoms with Crippen molar-refractivity contribution in [2.75, 3.05) is 10.8 Å². The number of aryl methyl sites for hydroxylation is 1. The summed E-state index contributed by atoms with van der Waals surface area (Å²) >= 11 is 6.32. The van der Waals surface area contributed by atoms with Gasteiger partial charge in [0.05, 0.1) is 10.6 Å². The summed E-state index contributed by atoms with van der Waals surface area (Å²) in [5, 5.41) is 3.30. The second-order valence-electron chi connectivity index (χ2n) is 10.9. The van der Waals surface area contributed by atoms with Gasteiger partial charge in [-0.25, -0.2) is 12.8 Å². The standard InChI is InChI=1S/C35H37ClFN3O4S/c1-4-26(3)38-35(42)33(21-27-11-7-5-8-12-27)39(23-28-16-19-30(37)20-17-28)34(41)24-40(32-22-29(36)18-15-25(32)2)45(43,44)31-13-9-6-10-14-31/h5-20,22,26,33H,4,21,23-24H2,1-3H3,(H,38,42). The van der Waals surface area contributed by atoms with Crippen LogP contribution in [0.2, 0.25) is 5.02 Å². The summed E-state index contributed by atoms with van der Waals surface area (Å²) in [5.41, 5.74) is 2.23. The van der Waals surface area contributed by atoms with Crippen molar-refractivity contribution in [3.05, 3.63) is 131 Å². The van der Waals surface area contributed by atoms with Gasteiger partial charge >= 0.3 is 0 Å². The van der Waals surface area contributed by atoms with Crippen molar-refractivity contribution in [1.82, 2.24) is 10.2 Å². The van der Waals surface area contributed by atoms with Crippen molar-refractivity contribution in [3.63, 3.8) is 0 Å².